The van der Waals surface area contributed by atoms with Gasteiger partial charge >= 0.3 is 17.8 Å². The van der Waals surface area contributed by atoms with Crippen LogP contribution in [0.3, 0.4) is 0 Å². The van der Waals surface area contributed by atoms with Crippen LogP contribution < -0.4 is 20.4 Å². The van der Waals surface area contributed by atoms with E-state index in [1.54, 1.807) is 11.2 Å². The number of aliphatic imine (C=N–C) groups is 1. The van der Waals surface area contributed by atoms with Gasteiger partial charge < -0.3 is 19.7 Å². The van der Waals surface area contributed by atoms with E-state index in [1.807, 2.05) is 84.2 Å². The summed E-state index contributed by atoms with van der Waals surface area (Å²) < 4.78 is 5.24. The smallest absolute Gasteiger partial charge is 0.328 e. The van der Waals surface area contributed by atoms with Crippen molar-refractivity contribution in [1.82, 2.24) is 40.6 Å². The van der Waals surface area contributed by atoms with Crippen molar-refractivity contribution in [3.05, 3.63) is 114 Å². The van der Waals surface area contributed by atoms with E-state index < -0.39 is 5.91 Å². The summed E-state index contributed by atoms with van der Waals surface area (Å²) >= 11 is 0. The van der Waals surface area contributed by atoms with Crippen molar-refractivity contribution in [2.24, 2.45) is 10.9 Å². The molecule has 3 aliphatic heterocycles. The summed E-state index contributed by atoms with van der Waals surface area (Å²) in [6, 6.07) is 15.6. The molecule has 63 heavy (non-hydrogen) atoms. The number of H-pyrrole nitrogens is 1. The van der Waals surface area contributed by atoms with E-state index in [0.29, 0.717) is 30.4 Å². The molecule has 2 fully saturated rings. The third-order valence-corrected chi connectivity index (χ3v) is 12.1. The molecule has 5 aromatic rings. The normalized spacial score (nSPS) is 17.4. The Balaban J connectivity index is 0.839. The molecule has 0 bridgehead atoms. The second kappa shape index (κ2) is 17.9. The van der Waals surface area contributed by atoms with Gasteiger partial charge in [0, 0.05) is 86.2 Å². The fourth-order valence-electron chi connectivity index (χ4n) is 8.53. The number of nitrogens with one attached hydrogen (secondary N) is 3. The summed E-state index contributed by atoms with van der Waals surface area (Å²) in [6.07, 6.45) is 10.4. The fraction of sp³-hybridized carbons (Fsp3) is 0.375. The summed E-state index contributed by atoms with van der Waals surface area (Å²) in [5.41, 5.74) is 9.83. The Morgan fingerprint density at radius 2 is 1.81 bits per heavy atom. The zero-order valence-corrected chi connectivity index (χ0v) is 36.9. The number of hydrogen-bond acceptors (Lipinski definition) is 11. The molecule has 8 rings (SSSR count). The van der Waals surface area contributed by atoms with Crippen molar-refractivity contribution in [1.29, 1.82) is 0 Å². The number of allylic oxidation sites excluding steroid dienone is 3. The minimum atomic E-state index is -0.418. The minimum Gasteiger partial charge on any atom is -0.372 e. The number of anilines is 2. The summed E-state index contributed by atoms with van der Waals surface area (Å²) in [5.74, 6) is 0.389. The van der Waals surface area contributed by atoms with Gasteiger partial charge in [-0.3, -0.25) is 29.7 Å². The maximum absolute atomic E-state index is 12.9. The number of rotatable bonds is 12. The number of imide groups is 1. The number of amides is 4. The number of piperidine rings is 1. The highest BCUT2D eigenvalue weighted by Gasteiger charge is 2.28. The maximum Gasteiger partial charge on any atom is 0.328 e. The van der Waals surface area contributed by atoms with Gasteiger partial charge in [0.25, 0.3) is 0 Å². The number of hydrogen-bond donors (Lipinski definition) is 3. The fourth-order valence-corrected chi connectivity index (χ4v) is 8.53. The second-order valence-electron chi connectivity index (χ2n) is 17.7. The molecular formula is C48H55N11O4. The van der Waals surface area contributed by atoms with E-state index >= 15 is 0 Å². The molecule has 0 aliphatic carbocycles. The number of aromatic nitrogens is 5. The van der Waals surface area contributed by atoms with Gasteiger partial charge in [-0.05, 0) is 97.4 Å². The molecule has 15 nitrogen and oxygen atoms in total. The summed E-state index contributed by atoms with van der Waals surface area (Å²) in [6.45, 7) is 19.4. The number of urea groups is 1. The minimum absolute atomic E-state index is 0.0563. The lowest BCUT2D eigenvalue weighted by Crippen LogP contribution is -2.49. The number of nitrogens with zero attached hydrogens (tertiary/aromatic N) is 8. The molecule has 0 unspecified atom stereocenters. The molecule has 0 radical (unpaired) electrons. The van der Waals surface area contributed by atoms with Crippen molar-refractivity contribution >= 4 is 51.5 Å². The van der Waals surface area contributed by atoms with Crippen LogP contribution in [0.25, 0.3) is 27.9 Å². The van der Waals surface area contributed by atoms with Crippen molar-refractivity contribution < 1.29 is 18.9 Å². The molecule has 2 saturated heterocycles. The molecule has 3 aliphatic rings. The van der Waals surface area contributed by atoms with E-state index in [9.17, 15) is 14.4 Å². The first-order chi connectivity index (χ1) is 30.2. The SMILES string of the molecule is C=C(/C=C\C(=N/C)C1=CCN(CC2CCN(c3ccc(N4CCC(=O)NC4=O)cc3)CC2)C1)c1cc2c(-c3ccc([C@@H](C)NC(=O)c4nc(C(C)(C)C)no4)c(C)c3)ncnc2[nH]1. The Morgan fingerprint density at radius 3 is 2.51 bits per heavy atom. The van der Waals surface area contributed by atoms with Gasteiger partial charge in [-0.25, -0.2) is 14.8 Å². The van der Waals surface area contributed by atoms with E-state index in [1.165, 1.54) is 5.57 Å². The number of benzene rings is 2. The quantitative estimate of drug-likeness (QED) is 0.0850. The molecule has 326 valence electrons. The van der Waals surface area contributed by atoms with Crippen LogP contribution in [-0.2, 0) is 10.2 Å². The molecule has 0 saturated carbocycles. The van der Waals surface area contributed by atoms with Crippen LogP contribution in [0.1, 0.15) is 86.3 Å². The van der Waals surface area contributed by atoms with Gasteiger partial charge in [0.05, 0.1) is 17.4 Å². The monoisotopic (exact) mass is 849 g/mol. The largest absolute Gasteiger partial charge is 0.372 e. The van der Waals surface area contributed by atoms with Crippen LogP contribution >= 0.6 is 0 Å². The van der Waals surface area contributed by atoms with Gasteiger partial charge in [-0.15, -0.1) is 0 Å². The molecule has 1 atom stereocenters. The van der Waals surface area contributed by atoms with E-state index in [4.69, 9.17) is 4.52 Å². The highest BCUT2D eigenvalue weighted by molar-refractivity contribution is 6.10. The van der Waals surface area contributed by atoms with Crippen LogP contribution in [0.15, 0.2) is 94.8 Å². The third kappa shape index (κ3) is 9.53. The lowest BCUT2D eigenvalue weighted by molar-refractivity contribution is -0.120. The van der Waals surface area contributed by atoms with Gasteiger partial charge in [-0.2, -0.15) is 4.98 Å². The lowest BCUT2D eigenvalue weighted by atomic mass is 9.95. The Labute approximate surface area is 367 Å². The predicted molar refractivity (Wildman–Crippen MR) is 246 cm³/mol. The van der Waals surface area contributed by atoms with Gasteiger partial charge in [-0.1, -0.05) is 56.8 Å². The number of carbonyl (C=O) groups is 3. The third-order valence-electron chi connectivity index (χ3n) is 12.1. The average molecular weight is 850 g/mol. The Hall–Kier alpha value is -6.74. The van der Waals surface area contributed by atoms with Crippen LogP contribution in [0.2, 0.25) is 0 Å². The molecule has 0 spiro atoms. The van der Waals surface area contributed by atoms with Crippen molar-refractivity contribution in [2.75, 3.05) is 56.1 Å². The standard InChI is InChI=1S/C48H55N11O4/c1-29(40-25-38-42(50-28-51-43(38)53-40)33-9-14-37(30(2)24-33)31(3)52-44(61)45-55-46(56-63-45)48(4,5)6)8-15-39(49-7)34-18-20-57(27-34)26-32-16-21-58(22-17-32)35-10-12-36(13-11-35)59-23-19-41(60)54-47(59)62/h8-15,18,24-25,28,31-32H,1,16-17,19-23,26-27H2,2-7H3,(H,52,61)(H,50,51,53)(H,54,60,62)/b15-8-,49-39+/t31-/m1/s1. The number of fused-ring (bicyclic) bond motifs is 1. The molecule has 3 aromatic heterocycles. The summed E-state index contributed by atoms with van der Waals surface area (Å²) in [5, 5.41) is 10.2. The maximum atomic E-state index is 12.9. The topological polar surface area (TPSA) is 178 Å². The van der Waals surface area contributed by atoms with Crippen LogP contribution in [0, 0.1) is 12.8 Å². The van der Waals surface area contributed by atoms with Crippen molar-refractivity contribution in [3.8, 4) is 11.3 Å². The molecule has 6 heterocycles. The van der Waals surface area contributed by atoms with Gasteiger partial charge in [0.2, 0.25) is 5.91 Å². The van der Waals surface area contributed by atoms with E-state index in [2.05, 4.69) is 81.4 Å². The molecule has 4 amide bonds. The summed E-state index contributed by atoms with van der Waals surface area (Å²) in [4.78, 5) is 64.9. The lowest BCUT2D eigenvalue weighted by Gasteiger charge is -2.35. The zero-order chi connectivity index (χ0) is 44.4. The highest BCUT2D eigenvalue weighted by Crippen LogP contribution is 2.32. The summed E-state index contributed by atoms with van der Waals surface area (Å²) in [7, 11) is 1.83. The van der Waals surface area contributed by atoms with Crippen LogP contribution in [0.4, 0.5) is 16.2 Å². The second-order valence-corrected chi connectivity index (χ2v) is 17.7. The molecule has 3 N–H and O–H groups in total. The predicted octanol–water partition coefficient (Wildman–Crippen LogP) is 7.35. The van der Waals surface area contributed by atoms with Crippen LogP contribution in [0.5, 0.6) is 0 Å². The molecule has 2 aromatic carbocycles. The van der Waals surface area contributed by atoms with Crippen molar-refractivity contribution in [3.63, 3.8) is 0 Å². The first kappa shape index (κ1) is 42.9. The van der Waals surface area contributed by atoms with E-state index in [0.717, 1.165) is 102 Å². The van der Waals surface area contributed by atoms with E-state index in [-0.39, 0.29) is 29.3 Å². The Bertz CT molecular complexity index is 2640. The first-order valence-electron chi connectivity index (χ1n) is 21.6. The number of aryl methyl sites for hydroxylation is 1. The number of carbonyl (C=O) groups excluding carboxylic acids is 3. The number of aromatic amines is 1. The van der Waals surface area contributed by atoms with Gasteiger partial charge in [0.15, 0.2) is 5.82 Å². The zero-order valence-electron chi connectivity index (χ0n) is 36.9. The molecular weight excluding hydrogens is 795 g/mol. The first-order valence-corrected chi connectivity index (χ1v) is 21.6. The highest BCUT2D eigenvalue weighted by atomic mass is 16.5. The van der Waals surface area contributed by atoms with Gasteiger partial charge in [0.1, 0.15) is 12.0 Å². The van der Waals surface area contributed by atoms with Crippen molar-refractivity contribution in [2.45, 2.75) is 65.3 Å². The Kier molecular flexibility index (Phi) is 12.2. The molecule has 15 heteroatoms. The van der Waals surface area contributed by atoms with Crippen LogP contribution in [-0.4, -0.2) is 99.9 Å². The Morgan fingerprint density at radius 1 is 1.05 bits per heavy atom. The average Bonchev–Trinajstić information content (AvgIpc) is 4.05.